The molecule has 2 aliphatic carbocycles. The molecule has 0 saturated carbocycles. The minimum Gasteiger partial charge on any atom is -0.511 e. The predicted octanol–water partition coefficient (Wildman–Crippen LogP) is 9.44. The van der Waals surface area contributed by atoms with Gasteiger partial charge in [-0.15, -0.1) is 0 Å². The van der Waals surface area contributed by atoms with Crippen molar-refractivity contribution in [1.82, 2.24) is 21.3 Å². The fourth-order valence-electron chi connectivity index (χ4n) is 15.8. The number of carbonyl (C=O) groups is 3. The number of carboxylic acid groups (broad SMARTS) is 1. The molecule has 0 aromatic rings. The zero-order valence-electron chi connectivity index (χ0n) is 59.6. The van der Waals surface area contributed by atoms with E-state index in [0.717, 1.165) is 148 Å². The highest BCUT2D eigenvalue weighted by atomic mass is 16.6. The Morgan fingerprint density at radius 3 is 1.30 bits per heavy atom. The van der Waals surface area contributed by atoms with Crippen LogP contribution in [-0.2, 0) is 28.6 Å². The van der Waals surface area contributed by atoms with Crippen molar-refractivity contribution in [2.45, 2.75) is 151 Å². The van der Waals surface area contributed by atoms with Crippen molar-refractivity contribution in [2.75, 3.05) is 46.2 Å². The smallest absolute Gasteiger partial charge is 0.329 e. The number of aliphatic carboxylic acids is 1. The van der Waals surface area contributed by atoms with E-state index in [1.165, 1.54) is 0 Å². The fraction of sp³-hybridized carbons (Fsp3) is 0.430. The van der Waals surface area contributed by atoms with Crippen LogP contribution in [0.15, 0.2) is 238 Å². The molecule has 6 unspecified atom stereocenters. The van der Waals surface area contributed by atoms with E-state index in [9.17, 15) is 50.1 Å². The van der Waals surface area contributed by atoms with E-state index in [4.69, 9.17) is 44.2 Å². The molecule has 0 aromatic carbocycles. The Hall–Kier alpha value is -9.33. The van der Waals surface area contributed by atoms with E-state index in [1.54, 1.807) is 12.2 Å². The number of carbonyl (C=O) groups excluding carboxylic acids is 2. The Kier molecular flexibility index (Phi) is 21.3. The lowest BCUT2D eigenvalue weighted by molar-refractivity contribution is -0.153. The van der Waals surface area contributed by atoms with Gasteiger partial charge in [-0.05, 0) is 148 Å². The van der Waals surface area contributed by atoms with E-state index in [2.05, 4.69) is 76.0 Å². The average molecular weight is 1390 g/mol. The van der Waals surface area contributed by atoms with Crippen LogP contribution in [0.1, 0.15) is 121 Å². The number of nitrogens with one attached hydrogen (secondary N) is 4. The molecule has 10 aliphatic heterocycles. The number of amides is 2. The normalized spacial score (nSPS) is 24.1. The van der Waals surface area contributed by atoms with Gasteiger partial charge in [-0.2, -0.15) is 0 Å². The standard InChI is InChI=1S/C79H92N10O13/c1-13-45-36(5)53-23-57-40(9)49(76(86-57)51-21-67(94)74-42(11)59(88-78(51)74)27-63-47(15-3)38(7)55(82-63)25-61(45)80-53)17-19-71(96)84-65(29-90)69(31-92)101-33-44(100-35-73(98)99)34-102-70(32-93)66(30-91)85-72(97)20-18-50-41(10)58-24-54-37(6)46(14-2)62(81-54)26-56-39(8)48(16-4)64(83-56)28-60-43(12)75-68(95)22-52(77(50)87-58)79(75)89-60/h13-14,23-28,40-41,44,49-50,65-66,69-70,86-87,90-95H,1-2,15-22,29-35H2,3-12H3,(H,84,96)(H,85,97)(H,98,99)/t40-,41-,44?,49?,50?,65?,66?,69?,70?/m0/s1. The number of nitrogens with zero attached hydrogens (tertiary/aromatic N) is 6. The summed E-state index contributed by atoms with van der Waals surface area (Å²) in [6.45, 7) is 24.3. The molecule has 12 rings (SSSR count). The maximum absolute atomic E-state index is 14.2. The third kappa shape index (κ3) is 13.6. The number of aliphatic hydroxyl groups is 6. The highest BCUT2D eigenvalue weighted by Gasteiger charge is 2.44. The topological polar surface area (TPSA) is 343 Å². The van der Waals surface area contributed by atoms with Crippen LogP contribution in [-0.4, -0.2) is 164 Å². The maximum atomic E-state index is 14.2. The van der Waals surface area contributed by atoms with E-state index in [0.29, 0.717) is 46.8 Å². The van der Waals surface area contributed by atoms with Gasteiger partial charge in [-0.3, -0.25) is 9.59 Å². The van der Waals surface area contributed by atoms with Crippen LogP contribution in [0.2, 0.25) is 0 Å². The van der Waals surface area contributed by atoms with E-state index < -0.39 is 94.4 Å². The van der Waals surface area contributed by atoms with Crippen molar-refractivity contribution >= 4 is 52.1 Å². The first-order chi connectivity index (χ1) is 49.0. The summed E-state index contributed by atoms with van der Waals surface area (Å²) < 4.78 is 17.8. The van der Waals surface area contributed by atoms with Crippen molar-refractivity contribution in [1.29, 1.82) is 0 Å². The van der Waals surface area contributed by atoms with Gasteiger partial charge in [0.05, 0.1) is 120 Å². The Labute approximate surface area is 594 Å². The van der Waals surface area contributed by atoms with Gasteiger partial charge in [0.25, 0.3) is 0 Å². The average Bonchev–Trinajstić information content (AvgIpc) is 1.59. The summed E-state index contributed by atoms with van der Waals surface area (Å²) >= 11 is 0. The summed E-state index contributed by atoms with van der Waals surface area (Å²) in [7, 11) is 0. The second-order valence-electron chi connectivity index (χ2n) is 27.7. The molecule has 2 amide bonds. The van der Waals surface area contributed by atoms with Crippen molar-refractivity contribution in [2.24, 2.45) is 53.6 Å². The van der Waals surface area contributed by atoms with E-state index >= 15 is 0 Å². The van der Waals surface area contributed by atoms with Crippen molar-refractivity contribution in [3.05, 3.63) is 208 Å². The fourth-order valence-corrected chi connectivity index (χ4v) is 15.8. The lowest BCUT2D eigenvalue weighted by atomic mass is 9.86. The monoisotopic (exact) mass is 1390 g/mol. The maximum Gasteiger partial charge on any atom is 0.329 e. The summed E-state index contributed by atoms with van der Waals surface area (Å²) in [4.78, 5) is 70.9. The van der Waals surface area contributed by atoms with Gasteiger partial charge in [0.2, 0.25) is 11.8 Å². The Balaban J connectivity index is 0.707. The summed E-state index contributed by atoms with van der Waals surface area (Å²) in [5.74, 6) is -2.76. The van der Waals surface area contributed by atoms with Crippen molar-refractivity contribution in [3.8, 4) is 0 Å². The molecule has 536 valence electrons. The number of carboxylic acids is 1. The number of aliphatic imine (C=N–C) groups is 6. The molecule has 0 spiro atoms. The van der Waals surface area contributed by atoms with Gasteiger partial charge >= 0.3 is 5.97 Å². The number of fused-ring (bicyclic) bond motifs is 10. The third-order valence-corrected chi connectivity index (χ3v) is 21.8. The molecule has 12 aliphatic rings. The number of hydrogen-bond acceptors (Lipinski definition) is 20. The second kappa shape index (κ2) is 29.9. The summed E-state index contributed by atoms with van der Waals surface area (Å²) in [6, 6.07) is -2.30. The Bertz CT molecular complexity index is 4200. The molecule has 11 N–H and O–H groups in total. The first-order valence-electron chi connectivity index (χ1n) is 35.2. The zero-order valence-corrected chi connectivity index (χ0v) is 59.6. The lowest BCUT2D eigenvalue weighted by Crippen LogP contribution is -2.50. The molecule has 23 heteroatoms. The van der Waals surface area contributed by atoms with Crippen LogP contribution >= 0.6 is 0 Å². The third-order valence-electron chi connectivity index (χ3n) is 21.8. The van der Waals surface area contributed by atoms with Gasteiger partial charge in [0, 0.05) is 106 Å². The van der Waals surface area contributed by atoms with Gasteiger partial charge in [-0.25, -0.2) is 34.7 Å². The molecule has 102 heavy (non-hydrogen) atoms. The van der Waals surface area contributed by atoms with Gasteiger partial charge < -0.3 is 71.2 Å². The highest BCUT2D eigenvalue weighted by Crippen LogP contribution is 2.49. The van der Waals surface area contributed by atoms with Crippen LogP contribution in [0, 0.1) is 23.7 Å². The summed E-state index contributed by atoms with van der Waals surface area (Å²) in [5, 5.41) is 89.0. The first-order valence-corrected chi connectivity index (χ1v) is 35.2. The van der Waals surface area contributed by atoms with Crippen LogP contribution in [0.25, 0.3) is 0 Å². The number of hydrogen-bond donors (Lipinski definition) is 11. The van der Waals surface area contributed by atoms with Gasteiger partial charge in [0.1, 0.15) is 36.4 Å². The minimum atomic E-state index is -1.32. The van der Waals surface area contributed by atoms with Crippen LogP contribution < -0.4 is 21.3 Å². The van der Waals surface area contributed by atoms with Crippen LogP contribution in [0.5, 0.6) is 0 Å². The number of ether oxygens (including phenoxy) is 3. The molecule has 10 heterocycles. The molecule has 16 bridgehead atoms. The number of aliphatic hydroxyl groups excluding tert-OH is 6. The largest absolute Gasteiger partial charge is 0.511 e. The first kappa shape index (κ1) is 72.5. The lowest BCUT2D eigenvalue weighted by Gasteiger charge is -2.29. The SMILES string of the molecule is C=CC1=C(C)C2=NC1=CC1=NC(=CC3=C(C)C4=C(O)CC(=C5NC(=C2)[C@@H](C)C5CCC(=O)NC(CO)C(CO)OCC(COC(CO)C(CO)NC(=O)CCC2C5=C6CC(O)=C7C6=NC(=C7C)C=C6N=C(C=C7N=C(C=C(N5)[C@H]2C)C(C)=C7C=C)C(C)=C6CC)OCC(=O)O)C4=N3)C(CC)=C1C. The van der Waals surface area contributed by atoms with Crippen LogP contribution in [0.3, 0.4) is 0 Å². The molecule has 2 saturated heterocycles. The molecular formula is C79H92N10O13. The molecule has 2 fully saturated rings. The quantitative estimate of drug-likeness (QED) is 0.0365. The molecule has 0 radical (unpaired) electrons. The molecular weight excluding hydrogens is 1300 g/mol. The van der Waals surface area contributed by atoms with Gasteiger partial charge in [0.15, 0.2) is 0 Å². The van der Waals surface area contributed by atoms with E-state index in [-0.39, 0.29) is 60.9 Å². The highest BCUT2D eigenvalue weighted by molar-refractivity contribution is 6.23. The molecule has 8 atom stereocenters. The number of allylic oxidation sites excluding steroid dienone is 24. The summed E-state index contributed by atoms with van der Waals surface area (Å²) in [5.41, 5.74) is 24.8. The Morgan fingerprint density at radius 1 is 0.549 bits per heavy atom. The zero-order chi connectivity index (χ0) is 72.9. The minimum absolute atomic E-state index is 0.0316. The predicted molar refractivity (Wildman–Crippen MR) is 392 cm³/mol. The molecule has 0 aromatic heterocycles. The Morgan fingerprint density at radius 2 is 0.941 bits per heavy atom. The van der Waals surface area contributed by atoms with Crippen molar-refractivity contribution in [3.63, 3.8) is 0 Å². The number of rotatable bonds is 27. The summed E-state index contributed by atoms with van der Waals surface area (Å²) in [6.07, 6.45) is 14.5. The molecule has 23 nitrogen and oxygen atoms in total. The van der Waals surface area contributed by atoms with Gasteiger partial charge in [-0.1, -0.05) is 53.0 Å². The van der Waals surface area contributed by atoms with Crippen molar-refractivity contribution < 1.29 is 64.3 Å². The van der Waals surface area contributed by atoms with Crippen LogP contribution in [0.4, 0.5) is 0 Å². The van der Waals surface area contributed by atoms with E-state index in [1.807, 2.05) is 64.2 Å². The second-order valence-corrected chi connectivity index (χ2v) is 27.7.